The summed E-state index contributed by atoms with van der Waals surface area (Å²) in [4.78, 5) is 11.8. The molecule has 0 radical (unpaired) electrons. The van der Waals surface area contributed by atoms with Crippen molar-refractivity contribution in [2.75, 3.05) is 5.32 Å². The molecule has 3 aromatic rings. The Morgan fingerprint density at radius 3 is 2.50 bits per heavy atom. The first kappa shape index (κ1) is 19.3. The Morgan fingerprint density at radius 2 is 1.86 bits per heavy atom. The Bertz CT molecular complexity index is 995. The number of ether oxygens (including phenoxy) is 2. The van der Waals surface area contributed by atoms with Gasteiger partial charge in [-0.2, -0.15) is 0 Å². The van der Waals surface area contributed by atoms with Gasteiger partial charge in [-0.25, -0.2) is 9.18 Å². The first-order valence-corrected chi connectivity index (χ1v) is 8.57. The summed E-state index contributed by atoms with van der Waals surface area (Å²) in [6, 6.07) is 11.1. The number of nitrogens with one attached hydrogen (secondary N) is 1. The number of carbonyl (C=O) groups excluding carboxylic acids is 1. The minimum absolute atomic E-state index is 0.00307. The van der Waals surface area contributed by atoms with Gasteiger partial charge >= 0.3 is 6.09 Å². The molecule has 0 atom stereocenters. The Labute approximate surface area is 161 Å². The fraction of sp³-hybridized carbons (Fsp3) is 0.250. The summed E-state index contributed by atoms with van der Waals surface area (Å²) in [6.45, 7) is 6.88. The number of anilines is 1. The van der Waals surface area contributed by atoms with E-state index in [9.17, 15) is 9.18 Å². The maximum absolute atomic E-state index is 14.3. The van der Waals surface area contributed by atoms with Crippen molar-refractivity contribution in [3.05, 3.63) is 54.2 Å². The molecule has 1 amide bonds. The first-order valence-electron chi connectivity index (χ1n) is 8.57. The Kier molecular flexibility index (Phi) is 5.30. The molecule has 3 rings (SSSR count). The van der Waals surface area contributed by atoms with Gasteiger partial charge in [0.1, 0.15) is 17.1 Å². The van der Waals surface area contributed by atoms with E-state index >= 15 is 0 Å². The molecule has 0 aliphatic rings. The smallest absolute Gasteiger partial charge is 0.412 e. The number of benzene rings is 2. The standard InChI is InChI=1S/C20H20FN3O4/c1-12-23-24-18(26-12)13-6-5-7-14(10-13)27-15-8-9-17(16(21)11-15)22-19(25)28-20(2,3)4/h5-11H,1-4H3,(H,22,25). The fourth-order valence-electron chi connectivity index (χ4n) is 2.32. The van der Waals surface area contributed by atoms with Gasteiger partial charge in [-0.3, -0.25) is 5.32 Å². The molecule has 28 heavy (non-hydrogen) atoms. The number of aromatic nitrogens is 2. The van der Waals surface area contributed by atoms with Crippen LogP contribution < -0.4 is 10.1 Å². The summed E-state index contributed by atoms with van der Waals surface area (Å²) >= 11 is 0. The van der Waals surface area contributed by atoms with Crippen molar-refractivity contribution in [3.8, 4) is 23.0 Å². The van der Waals surface area contributed by atoms with Crippen molar-refractivity contribution < 1.29 is 23.1 Å². The molecular weight excluding hydrogens is 365 g/mol. The highest BCUT2D eigenvalue weighted by atomic mass is 19.1. The highest BCUT2D eigenvalue weighted by Gasteiger charge is 2.17. The van der Waals surface area contributed by atoms with E-state index in [4.69, 9.17) is 13.9 Å². The second kappa shape index (κ2) is 7.67. The van der Waals surface area contributed by atoms with Crippen LogP contribution in [0.2, 0.25) is 0 Å². The lowest BCUT2D eigenvalue weighted by Gasteiger charge is -2.19. The molecule has 2 aromatic carbocycles. The number of hydrogen-bond donors (Lipinski definition) is 1. The normalized spacial score (nSPS) is 11.2. The average Bonchev–Trinajstić information content (AvgIpc) is 3.02. The van der Waals surface area contributed by atoms with Crippen molar-refractivity contribution in [1.82, 2.24) is 10.2 Å². The summed E-state index contributed by atoms with van der Waals surface area (Å²) in [7, 11) is 0. The Hall–Kier alpha value is -3.42. The molecule has 0 saturated carbocycles. The van der Waals surface area contributed by atoms with Crippen LogP contribution in [0.15, 0.2) is 46.9 Å². The van der Waals surface area contributed by atoms with Crippen LogP contribution in [0.4, 0.5) is 14.9 Å². The zero-order chi connectivity index (χ0) is 20.3. The lowest BCUT2D eigenvalue weighted by atomic mass is 10.2. The first-order chi connectivity index (χ1) is 13.2. The zero-order valence-corrected chi connectivity index (χ0v) is 15.9. The molecule has 0 fully saturated rings. The van der Waals surface area contributed by atoms with Crippen LogP contribution in [0.3, 0.4) is 0 Å². The van der Waals surface area contributed by atoms with E-state index in [0.29, 0.717) is 23.1 Å². The molecule has 1 N–H and O–H groups in total. The number of nitrogens with zero attached hydrogens (tertiary/aromatic N) is 2. The molecule has 146 valence electrons. The van der Waals surface area contributed by atoms with Gasteiger partial charge in [0.25, 0.3) is 0 Å². The van der Waals surface area contributed by atoms with Crippen LogP contribution in [0.25, 0.3) is 11.5 Å². The van der Waals surface area contributed by atoms with Gasteiger partial charge in [-0.15, -0.1) is 10.2 Å². The van der Waals surface area contributed by atoms with Gasteiger partial charge in [-0.1, -0.05) is 6.07 Å². The van der Waals surface area contributed by atoms with Crippen LogP contribution >= 0.6 is 0 Å². The van der Waals surface area contributed by atoms with Crippen LogP contribution in [-0.4, -0.2) is 21.9 Å². The van der Waals surface area contributed by atoms with Crippen molar-refractivity contribution in [2.24, 2.45) is 0 Å². The highest BCUT2D eigenvalue weighted by Crippen LogP contribution is 2.29. The SMILES string of the molecule is Cc1nnc(-c2cccc(Oc3ccc(NC(=O)OC(C)(C)C)c(F)c3)c2)o1. The third-order valence-electron chi connectivity index (χ3n) is 3.42. The molecule has 1 heterocycles. The van der Waals surface area contributed by atoms with Gasteiger partial charge in [0, 0.05) is 18.6 Å². The maximum Gasteiger partial charge on any atom is 0.412 e. The summed E-state index contributed by atoms with van der Waals surface area (Å²) in [6.07, 6.45) is -0.734. The predicted molar refractivity (Wildman–Crippen MR) is 101 cm³/mol. The summed E-state index contributed by atoms with van der Waals surface area (Å²) in [5.41, 5.74) is 0.00408. The number of halogens is 1. The third-order valence-corrected chi connectivity index (χ3v) is 3.42. The van der Waals surface area contributed by atoms with Crippen molar-refractivity contribution >= 4 is 11.8 Å². The number of carbonyl (C=O) groups is 1. The van der Waals surface area contributed by atoms with E-state index in [1.807, 2.05) is 0 Å². The molecule has 0 aliphatic heterocycles. The van der Waals surface area contributed by atoms with Gasteiger partial charge in [-0.05, 0) is 51.1 Å². The van der Waals surface area contributed by atoms with Crippen molar-refractivity contribution in [2.45, 2.75) is 33.3 Å². The number of aryl methyl sites for hydroxylation is 1. The minimum Gasteiger partial charge on any atom is -0.457 e. The molecule has 0 bridgehead atoms. The van der Waals surface area contributed by atoms with E-state index in [2.05, 4.69) is 15.5 Å². The summed E-state index contributed by atoms with van der Waals surface area (Å²) in [5, 5.41) is 10.1. The lowest BCUT2D eigenvalue weighted by molar-refractivity contribution is 0.0635. The maximum atomic E-state index is 14.3. The minimum atomic E-state index is -0.734. The van der Waals surface area contributed by atoms with Gasteiger partial charge in [0.2, 0.25) is 11.8 Å². The number of hydrogen-bond acceptors (Lipinski definition) is 6. The van der Waals surface area contributed by atoms with Crippen molar-refractivity contribution in [1.29, 1.82) is 0 Å². The summed E-state index contributed by atoms with van der Waals surface area (Å²) < 4.78 is 30.5. The monoisotopic (exact) mass is 385 g/mol. The molecular formula is C20H20FN3O4. The van der Waals surface area contributed by atoms with E-state index in [0.717, 1.165) is 0 Å². The van der Waals surface area contributed by atoms with Crippen LogP contribution in [0.5, 0.6) is 11.5 Å². The molecule has 8 heteroatoms. The molecule has 0 unspecified atom stereocenters. The van der Waals surface area contributed by atoms with E-state index in [1.54, 1.807) is 58.0 Å². The van der Waals surface area contributed by atoms with Gasteiger partial charge < -0.3 is 13.9 Å². The second-order valence-electron chi connectivity index (χ2n) is 7.02. The second-order valence-corrected chi connectivity index (χ2v) is 7.02. The Morgan fingerprint density at radius 1 is 1.11 bits per heavy atom. The van der Waals surface area contributed by atoms with Crippen LogP contribution in [-0.2, 0) is 4.74 Å². The Balaban J connectivity index is 1.72. The highest BCUT2D eigenvalue weighted by molar-refractivity contribution is 5.85. The van der Waals surface area contributed by atoms with E-state index < -0.39 is 17.5 Å². The van der Waals surface area contributed by atoms with E-state index in [1.165, 1.54) is 12.1 Å². The predicted octanol–water partition coefficient (Wildman–Crippen LogP) is 5.32. The van der Waals surface area contributed by atoms with Crippen LogP contribution in [0, 0.1) is 12.7 Å². The zero-order valence-electron chi connectivity index (χ0n) is 15.9. The number of rotatable bonds is 4. The van der Waals surface area contributed by atoms with Gasteiger partial charge in [0.05, 0.1) is 5.69 Å². The number of amides is 1. The lowest BCUT2D eigenvalue weighted by Crippen LogP contribution is -2.27. The topological polar surface area (TPSA) is 86.5 Å². The molecule has 0 spiro atoms. The van der Waals surface area contributed by atoms with Crippen LogP contribution in [0.1, 0.15) is 26.7 Å². The molecule has 0 saturated heterocycles. The molecule has 7 nitrogen and oxygen atoms in total. The molecule has 1 aromatic heterocycles. The van der Waals surface area contributed by atoms with Gasteiger partial charge in [0.15, 0.2) is 5.82 Å². The fourth-order valence-corrected chi connectivity index (χ4v) is 2.32. The summed E-state index contributed by atoms with van der Waals surface area (Å²) in [5.74, 6) is 0.918. The average molecular weight is 385 g/mol. The largest absolute Gasteiger partial charge is 0.457 e. The van der Waals surface area contributed by atoms with E-state index in [-0.39, 0.29) is 11.4 Å². The van der Waals surface area contributed by atoms with Crippen molar-refractivity contribution in [3.63, 3.8) is 0 Å². The quantitative estimate of drug-likeness (QED) is 0.654. The molecule has 0 aliphatic carbocycles. The third kappa shape index (κ3) is 5.06.